The number of hydrogen-bond acceptors (Lipinski definition) is 3. The van der Waals surface area contributed by atoms with Crippen LogP contribution in [0.3, 0.4) is 0 Å². The van der Waals surface area contributed by atoms with Gasteiger partial charge in [-0.25, -0.2) is 8.78 Å². The minimum Gasteiger partial charge on any atom is -0.378 e. The predicted molar refractivity (Wildman–Crippen MR) is 66.5 cm³/mol. The highest BCUT2D eigenvalue weighted by molar-refractivity contribution is 5.52. The Bertz CT molecular complexity index is 613. The molecular weight excluding hydrogens is 250 g/mol. The third-order valence-corrected chi connectivity index (χ3v) is 2.84. The Morgan fingerprint density at radius 1 is 1.32 bits per heavy atom. The Hall–Kier alpha value is -2.42. The number of anilines is 1. The minimum absolute atomic E-state index is 0.00934. The van der Waals surface area contributed by atoms with Crippen LogP contribution in [-0.2, 0) is 6.54 Å². The van der Waals surface area contributed by atoms with Crippen LogP contribution in [-0.4, -0.2) is 10.2 Å². The van der Waals surface area contributed by atoms with Crippen LogP contribution in [0.5, 0.6) is 0 Å². The quantitative estimate of drug-likeness (QED) is 0.894. The number of hydrogen-bond donors (Lipinski definition) is 2. The lowest BCUT2D eigenvalue weighted by molar-refractivity contribution is 0.559. The summed E-state index contributed by atoms with van der Waals surface area (Å²) < 4.78 is 27.3. The number of nitrogens with one attached hydrogen (secondary N) is 2. The Morgan fingerprint density at radius 3 is 2.42 bits per heavy atom. The van der Waals surface area contributed by atoms with E-state index in [1.807, 2.05) is 6.92 Å². The zero-order chi connectivity index (χ0) is 14.0. The number of rotatable bonds is 3. The van der Waals surface area contributed by atoms with Gasteiger partial charge < -0.3 is 5.32 Å². The van der Waals surface area contributed by atoms with E-state index >= 15 is 0 Å². The van der Waals surface area contributed by atoms with Crippen molar-refractivity contribution < 1.29 is 8.78 Å². The first kappa shape index (κ1) is 13.0. The maximum atomic E-state index is 13.7. The highest BCUT2D eigenvalue weighted by Crippen LogP contribution is 2.20. The molecule has 0 spiro atoms. The molecule has 0 radical (unpaired) electrons. The lowest BCUT2D eigenvalue weighted by Gasteiger charge is -2.09. The van der Waals surface area contributed by atoms with Crippen LogP contribution in [0.1, 0.15) is 22.5 Å². The highest BCUT2D eigenvalue weighted by Gasteiger charge is 2.13. The lowest BCUT2D eigenvalue weighted by Crippen LogP contribution is -2.06. The first-order valence-electron chi connectivity index (χ1n) is 5.66. The van der Waals surface area contributed by atoms with E-state index in [9.17, 15) is 8.78 Å². The molecule has 0 atom stereocenters. The van der Waals surface area contributed by atoms with Gasteiger partial charge in [-0.3, -0.25) is 5.10 Å². The first-order valence-corrected chi connectivity index (χ1v) is 5.66. The molecule has 98 valence electrons. The summed E-state index contributed by atoms with van der Waals surface area (Å²) in [5.74, 6) is -1.47. The standard InChI is InChI=1S/C13H12F2N4/c1-7-13(8(2)19-18-7)17-6-10-11(14)3-9(5-16)4-12(10)15/h3-4,17H,6H2,1-2H3,(H,18,19). The van der Waals surface area contributed by atoms with Gasteiger partial charge in [0, 0.05) is 12.1 Å². The summed E-state index contributed by atoms with van der Waals surface area (Å²) >= 11 is 0. The molecule has 1 aromatic carbocycles. The summed E-state index contributed by atoms with van der Waals surface area (Å²) in [6, 6.07) is 3.75. The fraction of sp³-hybridized carbons (Fsp3) is 0.231. The van der Waals surface area contributed by atoms with Crippen molar-refractivity contribution >= 4 is 5.69 Å². The van der Waals surface area contributed by atoms with Crippen LogP contribution in [0.2, 0.25) is 0 Å². The van der Waals surface area contributed by atoms with Crippen LogP contribution in [0.4, 0.5) is 14.5 Å². The van der Waals surface area contributed by atoms with Crippen LogP contribution in [0.25, 0.3) is 0 Å². The van der Waals surface area contributed by atoms with E-state index < -0.39 is 11.6 Å². The number of halogens is 2. The summed E-state index contributed by atoms with van der Waals surface area (Å²) in [5, 5.41) is 18.3. The summed E-state index contributed by atoms with van der Waals surface area (Å²) in [7, 11) is 0. The number of aromatic nitrogens is 2. The van der Waals surface area contributed by atoms with Gasteiger partial charge in [-0.05, 0) is 26.0 Å². The van der Waals surface area contributed by atoms with E-state index in [0.717, 1.165) is 29.2 Å². The van der Waals surface area contributed by atoms with E-state index in [1.54, 1.807) is 13.0 Å². The molecule has 0 bridgehead atoms. The van der Waals surface area contributed by atoms with Crippen molar-refractivity contribution in [2.45, 2.75) is 20.4 Å². The number of nitriles is 1. The molecule has 2 N–H and O–H groups in total. The van der Waals surface area contributed by atoms with Crippen molar-refractivity contribution in [2.75, 3.05) is 5.32 Å². The molecule has 1 aromatic heterocycles. The van der Waals surface area contributed by atoms with Crippen LogP contribution >= 0.6 is 0 Å². The van der Waals surface area contributed by atoms with E-state index in [4.69, 9.17) is 5.26 Å². The summed E-state index contributed by atoms with van der Waals surface area (Å²) in [5.41, 5.74) is 2.12. The van der Waals surface area contributed by atoms with Gasteiger partial charge in [0.2, 0.25) is 0 Å². The minimum atomic E-state index is -0.733. The number of benzene rings is 1. The molecule has 6 heteroatoms. The van der Waals surface area contributed by atoms with Gasteiger partial charge in [0.25, 0.3) is 0 Å². The fourth-order valence-electron chi connectivity index (χ4n) is 1.82. The second kappa shape index (κ2) is 5.06. The largest absolute Gasteiger partial charge is 0.378 e. The monoisotopic (exact) mass is 262 g/mol. The average Bonchev–Trinajstić information content (AvgIpc) is 2.68. The predicted octanol–water partition coefficient (Wildman–Crippen LogP) is 2.79. The fourth-order valence-corrected chi connectivity index (χ4v) is 1.82. The molecular formula is C13H12F2N4. The Kier molecular flexibility index (Phi) is 3.47. The molecule has 19 heavy (non-hydrogen) atoms. The molecule has 4 nitrogen and oxygen atoms in total. The summed E-state index contributed by atoms with van der Waals surface area (Å²) in [6.07, 6.45) is 0. The lowest BCUT2D eigenvalue weighted by atomic mass is 10.1. The van der Waals surface area contributed by atoms with Gasteiger partial charge in [-0.15, -0.1) is 0 Å². The molecule has 2 aromatic rings. The number of H-pyrrole nitrogens is 1. The molecule has 2 rings (SSSR count). The molecule has 0 amide bonds. The van der Waals surface area contributed by atoms with E-state index in [1.165, 1.54) is 0 Å². The summed E-state index contributed by atoms with van der Waals surface area (Å²) in [6.45, 7) is 3.59. The van der Waals surface area contributed by atoms with E-state index in [0.29, 0.717) is 0 Å². The Labute approximate surface area is 109 Å². The highest BCUT2D eigenvalue weighted by atomic mass is 19.1. The van der Waals surface area contributed by atoms with Crippen molar-refractivity contribution in [3.05, 3.63) is 46.3 Å². The van der Waals surface area contributed by atoms with Gasteiger partial charge in [-0.2, -0.15) is 10.4 Å². The number of nitrogens with zero attached hydrogens (tertiary/aromatic N) is 2. The normalized spacial score (nSPS) is 10.3. The molecule has 0 aliphatic carbocycles. The average molecular weight is 262 g/mol. The van der Waals surface area contributed by atoms with Gasteiger partial charge in [-0.1, -0.05) is 0 Å². The zero-order valence-corrected chi connectivity index (χ0v) is 10.5. The van der Waals surface area contributed by atoms with Gasteiger partial charge >= 0.3 is 0 Å². The number of aryl methyl sites for hydroxylation is 2. The van der Waals surface area contributed by atoms with Crippen molar-refractivity contribution in [1.29, 1.82) is 5.26 Å². The van der Waals surface area contributed by atoms with Crippen LogP contribution < -0.4 is 5.32 Å². The molecule has 0 saturated carbocycles. The first-order chi connectivity index (χ1) is 9.02. The molecule has 1 heterocycles. The maximum Gasteiger partial charge on any atom is 0.132 e. The summed E-state index contributed by atoms with van der Waals surface area (Å²) in [4.78, 5) is 0. The topological polar surface area (TPSA) is 64.5 Å². The van der Waals surface area contributed by atoms with Crippen molar-refractivity contribution in [3.63, 3.8) is 0 Å². The van der Waals surface area contributed by atoms with Crippen molar-refractivity contribution in [2.24, 2.45) is 0 Å². The third-order valence-electron chi connectivity index (χ3n) is 2.84. The molecule has 0 saturated heterocycles. The zero-order valence-electron chi connectivity index (χ0n) is 10.5. The van der Waals surface area contributed by atoms with Gasteiger partial charge in [0.1, 0.15) is 11.6 Å². The Morgan fingerprint density at radius 2 is 1.95 bits per heavy atom. The van der Waals surface area contributed by atoms with Gasteiger partial charge in [0.05, 0.1) is 28.7 Å². The maximum absolute atomic E-state index is 13.7. The number of aromatic amines is 1. The molecule has 0 fully saturated rings. The van der Waals surface area contributed by atoms with Crippen LogP contribution in [0.15, 0.2) is 12.1 Å². The second-order valence-corrected chi connectivity index (χ2v) is 4.19. The second-order valence-electron chi connectivity index (χ2n) is 4.19. The van der Waals surface area contributed by atoms with Crippen LogP contribution in [0, 0.1) is 36.8 Å². The van der Waals surface area contributed by atoms with Crippen molar-refractivity contribution in [3.8, 4) is 6.07 Å². The van der Waals surface area contributed by atoms with Crippen molar-refractivity contribution in [1.82, 2.24) is 10.2 Å². The molecule has 0 unspecified atom stereocenters. The molecule has 0 aliphatic heterocycles. The molecule has 0 aliphatic rings. The Balaban J connectivity index is 2.24. The van der Waals surface area contributed by atoms with E-state index in [2.05, 4.69) is 15.5 Å². The third kappa shape index (κ3) is 2.55. The van der Waals surface area contributed by atoms with E-state index in [-0.39, 0.29) is 17.7 Å². The smallest absolute Gasteiger partial charge is 0.132 e. The SMILES string of the molecule is Cc1n[nH]c(C)c1NCc1c(F)cc(C#N)cc1F. The van der Waals surface area contributed by atoms with Gasteiger partial charge in [0.15, 0.2) is 0 Å².